The maximum absolute atomic E-state index is 11.4. The highest BCUT2D eigenvalue weighted by Crippen LogP contribution is 2.71. The molecule has 286 valence electrons. The topological polar surface area (TPSA) is 64.5 Å². The first-order chi connectivity index (χ1) is 25.4. The molecule has 4 N–H and O–H groups in total. The second-order valence-electron chi connectivity index (χ2n) is 20.5. The summed E-state index contributed by atoms with van der Waals surface area (Å²) in [6, 6.07) is 11.7. The van der Waals surface area contributed by atoms with E-state index >= 15 is 0 Å². The predicted octanol–water partition coefficient (Wildman–Crippen LogP) is 8.80. The van der Waals surface area contributed by atoms with Crippen molar-refractivity contribution in [1.29, 1.82) is 0 Å². The third-order valence-corrected chi connectivity index (χ3v) is 17.7. The molecule has 6 fully saturated rings. The highest BCUT2D eigenvalue weighted by Gasteiger charge is 2.66. The van der Waals surface area contributed by atoms with E-state index in [0.717, 1.165) is 31.6 Å². The van der Waals surface area contributed by atoms with Crippen LogP contribution in [0.3, 0.4) is 0 Å². The van der Waals surface area contributed by atoms with Gasteiger partial charge < -0.3 is 20.8 Å². The third kappa shape index (κ3) is 5.83. The minimum Gasteiger partial charge on any atom is -0.392 e. The van der Waals surface area contributed by atoms with Gasteiger partial charge in [-0.05, 0) is 168 Å². The maximum Gasteiger partial charge on any atom is 0.0696 e. The summed E-state index contributed by atoms with van der Waals surface area (Å²) in [7, 11) is 0. The number of benzene rings is 1. The van der Waals surface area contributed by atoms with Crippen molar-refractivity contribution in [3.8, 4) is 11.8 Å². The van der Waals surface area contributed by atoms with Crippen LogP contribution >= 0.6 is 0 Å². The molecule has 0 unspecified atom stereocenters. The minimum atomic E-state index is -0.383. The fourth-order valence-electron chi connectivity index (χ4n) is 15.3. The summed E-state index contributed by atoms with van der Waals surface area (Å²) < 4.78 is 0. The number of hydrogen-bond acceptors (Lipinski definition) is 4. The molecule has 53 heavy (non-hydrogen) atoms. The lowest BCUT2D eigenvalue weighted by Crippen LogP contribution is -2.64. The molecule has 4 nitrogen and oxygen atoms in total. The van der Waals surface area contributed by atoms with Crippen LogP contribution in [-0.2, 0) is 6.42 Å². The number of fused-ring (bicyclic) bond motifs is 8. The number of aryl methyl sites for hydroxylation is 1. The second-order valence-corrected chi connectivity index (χ2v) is 20.5. The van der Waals surface area contributed by atoms with Crippen molar-refractivity contribution in [3.05, 3.63) is 70.8 Å². The van der Waals surface area contributed by atoms with Crippen molar-refractivity contribution in [3.63, 3.8) is 0 Å². The lowest BCUT2D eigenvalue weighted by Gasteiger charge is -2.60. The van der Waals surface area contributed by atoms with Crippen LogP contribution in [0.5, 0.6) is 0 Å². The highest BCUT2D eigenvalue weighted by atomic mass is 16.3. The average Bonchev–Trinajstić information content (AvgIpc) is 3.75. The fraction of sp³-hybridized carbons (Fsp3) is 0.714. The smallest absolute Gasteiger partial charge is 0.0696 e. The number of piperidine rings is 1. The Hall–Kier alpha value is -2.16. The zero-order valence-corrected chi connectivity index (χ0v) is 33.5. The molecule has 16 atom stereocenters. The van der Waals surface area contributed by atoms with Crippen LogP contribution in [0.4, 0.5) is 0 Å². The quantitative estimate of drug-likeness (QED) is 0.168. The Morgan fingerprint density at radius 1 is 1.08 bits per heavy atom. The molecule has 0 aromatic heterocycles. The fourth-order valence-corrected chi connectivity index (χ4v) is 15.3. The number of aliphatic hydroxyl groups is 2. The van der Waals surface area contributed by atoms with Crippen molar-refractivity contribution in [2.24, 2.45) is 64.1 Å². The molecule has 4 heteroatoms. The van der Waals surface area contributed by atoms with Crippen LogP contribution in [0.15, 0.2) is 65.3 Å². The number of allylic oxidation sites excluding steroid dienone is 4. The first-order valence-electron chi connectivity index (χ1n) is 21.9. The second kappa shape index (κ2) is 13.5. The number of nitrogens with one attached hydrogen (secondary N) is 2. The number of aliphatic hydroxyl groups excluding tert-OH is 2. The van der Waals surface area contributed by atoms with Gasteiger partial charge in [-0.25, -0.2) is 0 Å². The molecule has 1 spiro atoms. The molecule has 9 rings (SSSR count). The van der Waals surface area contributed by atoms with Gasteiger partial charge in [-0.3, -0.25) is 0 Å². The van der Waals surface area contributed by atoms with Crippen molar-refractivity contribution >= 4 is 0 Å². The van der Waals surface area contributed by atoms with E-state index in [2.05, 4.69) is 93.2 Å². The van der Waals surface area contributed by atoms with Crippen LogP contribution in [0.1, 0.15) is 117 Å². The van der Waals surface area contributed by atoms with E-state index in [1.165, 1.54) is 68.9 Å². The number of hydrogen-bond donors (Lipinski definition) is 4. The van der Waals surface area contributed by atoms with Crippen LogP contribution in [0.2, 0.25) is 0 Å². The summed E-state index contributed by atoms with van der Waals surface area (Å²) in [6.45, 7) is 17.0. The van der Waals surface area contributed by atoms with E-state index in [1.54, 1.807) is 16.7 Å². The van der Waals surface area contributed by atoms with Crippen LogP contribution in [0.25, 0.3) is 0 Å². The van der Waals surface area contributed by atoms with Gasteiger partial charge in [0.25, 0.3) is 0 Å². The summed E-state index contributed by atoms with van der Waals surface area (Å²) in [5.41, 5.74) is 8.17. The third-order valence-electron chi connectivity index (χ3n) is 17.7. The molecule has 8 aliphatic rings. The van der Waals surface area contributed by atoms with Gasteiger partial charge in [0, 0.05) is 36.5 Å². The zero-order chi connectivity index (χ0) is 36.9. The Morgan fingerprint density at radius 3 is 2.64 bits per heavy atom. The Kier molecular flexibility index (Phi) is 9.29. The maximum atomic E-state index is 11.4. The summed E-state index contributed by atoms with van der Waals surface area (Å²) in [5, 5.41) is 29.5. The first kappa shape index (κ1) is 36.5. The first-order valence-corrected chi connectivity index (χ1v) is 21.9. The summed E-state index contributed by atoms with van der Waals surface area (Å²) in [6.07, 6.45) is 17.4. The zero-order valence-electron chi connectivity index (χ0n) is 33.5. The molecule has 2 bridgehead atoms. The van der Waals surface area contributed by atoms with Crippen LogP contribution in [0, 0.1) is 75.9 Å². The molecular formula is C49H68N2O2. The van der Waals surface area contributed by atoms with Crippen LogP contribution in [-0.4, -0.2) is 46.6 Å². The van der Waals surface area contributed by atoms with Crippen molar-refractivity contribution in [1.82, 2.24) is 10.6 Å². The number of rotatable bonds is 7. The molecule has 1 aromatic rings. The molecule has 5 saturated carbocycles. The highest BCUT2D eigenvalue weighted by molar-refractivity contribution is 5.46. The largest absolute Gasteiger partial charge is 0.392 e. The molecule has 1 aromatic carbocycles. The molecule has 1 saturated heterocycles. The SMILES string of the molecule is C=C(C)[C@H]1CC2=C(C)C=C3C[C@]2(C)[C@@]2(CC[C@H](CCc4ccccc4)[C@@H]2C#CC[C@H]2C[C@H]4C[C@@H]5C[C@H]6C[C@@H](NC[C@H](C)O)[C@@H](O)C[C@H]6[C@@H]5[C@@]4(C)N[C@H]32)C1. The van der Waals surface area contributed by atoms with E-state index in [4.69, 9.17) is 0 Å². The van der Waals surface area contributed by atoms with Gasteiger partial charge in [-0.2, -0.15) is 0 Å². The van der Waals surface area contributed by atoms with Gasteiger partial charge in [0.05, 0.1) is 12.2 Å². The van der Waals surface area contributed by atoms with Crippen molar-refractivity contribution in [2.75, 3.05) is 6.54 Å². The summed E-state index contributed by atoms with van der Waals surface area (Å²) >= 11 is 0. The standard InChI is InChI=1S/C49H68N2O2/c1-29(2)37-23-42-30(3)19-38-26-47(42,5)49(27-37)18-17-33(16-15-32-11-8-7-9-12-32)41(49)14-10-13-34-21-39-22-36-20-35-24-43(50-28-31(4)52)44(53)25-40(35)45(36)48(39,6)51-46(34)38/h7-9,11-12,19,31,33-37,39-41,43-46,50-53H,1,13,15-18,20-28H2,2-6H3/t31-,33-,34-,35-,36-,37-,39-,40+,41-,43+,44-,45+,46-,47-,48-,49-/m0/s1. The lowest BCUT2D eigenvalue weighted by atomic mass is 9.44. The molecule has 1 heterocycles. The Balaban J connectivity index is 1.05. The normalized spacial score (nSPS) is 47.2. The van der Waals surface area contributed by atoms with E-state index in [-0.39, 0.29) is 34.6 Å². The monoisotopic (exact) mass is 717 g/mol. The molecule has 0 radical (unpaired) electrons. The minimum absolute atomic E-state index is 0.0930. The summed E-state index contributed by atoms with van der Waals surface area (Å²) in [4.78, 5) is 0. The van der Waals surface area contributed by atoms with E-state index in [9.17, 15) is 10.2 Å². The van der Waals surface area contributed by atoms with Gasteiger partial charge in [0.15, 0.2) is 0 Å². The van der Waals surface area contributed by atoms with E-state index in [0.29, 0.717) is 59.9 Å². The van der Waals surface area contributed by atoms with E-state index in [1.807, 2.05) is 6.92 Å². The van der Waals surface area contributed by atoms with Gasteiger partial charge in [0.2, 0.25) is 0 Å². The van der Waals surface area contributed by atoms with Crippen molar-refractivity contribution < 1.29 is 10.2 Å². The van der Waals surface area contributed by atoms with Crippen LogP contribution < -0.4 is 10.6 Å². The lowest BCUT2D eigenvalue weighted by molar-refractivity contribution is -0.0107. The van der Waals surface area contributed by atoms with Gasteiger partial charge in [-0.1, -0.05) is 78.1 Å². The molecule has 7 aliphatic carbocycles. The Morgan fingerprint density at radius 2 is 1.87 bits per heavy atom. The predicted molar refractivity (Wildman–Crippen MR) is 216 cm³/mol. The molecular weight excluding hydrogens is 649 g/mol. The van der Waals surface area contributed by atoms with Gasteiger partial charge in [-0.15, -0.1) is 5.92 Å². The Labute approximate surface area is 321 Å². The van der Waals surface area contributed by atoms with E-state index < -0.39 is 0 Å². The summed E-state index contributed by atoms with van der Waals surface area (Å²) in [5.74, 6) is 13.7. The molecule has 1 aliphatic heterocycles. The molecule has 0 amide bonds. The van der Waals surface area contributed by atoms with Gasteiger partial charge >= 0.3 is 0 Å². The van der Waals surface area contributed by atoms with Crippen molar-refractivity contribution in [2.45, 2.75) is 148 Å². The Bertz CT molecular complexity index is 1720. The average molecular weight is 717 g/mol. The van der Waals surface area contributed by atoms with Gasteiger partial charge in [0.1, 0.15) is 0 Å².